The van der Waals surface area contributed by atoms with Gasteiger partial charge in [0, 0.05) is 24.2 Å². The summed E-state index contributed by atoms with van der Waals surface area (Å²) in [7, 11) is 4.26. The van der Waals surface area contributed by atoms with E-state index in [-0.39, 0.29) is 11.8 Å². The van der Waals surface area contributed by atoms with Gasteiger partial charge in [0.2, 0.25) is 0 Å². The molecule has 0 unspecified atom stereocenters. The van der Waals surface area contributed by atoms with Crippen LogP contribution in [0.5, 0.6) is 0 Å². The van der Waals surface area contributed by atoms with Crippen LogP contribution < -0.4 is 4.57 Å². The van der Waals surface area contributed by atoms with Crippen molar-refractivity contribution in [2.24, 2.45) is 0 Å². The monoisotopic (exact) mass is 771 g/mol. The first-order valence-corrected chi connectivity index (χ1v) is 20.4. The minimum absolute atomic E-state index is 0.0764. The summed E-state index contributed by atoms with van der Waals surface area (Å²) in [6.45, 7) is 8.84. The third-order valence-corrected chi connectivity index (χ3v) is 10.4. The van der Waals surface area contributed by atoms with Crippen molar-refractivity contribution in [3.05, 3.63) is 220 Å². The quantitative estimate of drug-likeness (QED) is 0.0630. The van der Waals surface area contributed by atoms with Gasteiger partial charge in [-0.05, 0) is 72.2 Å². The van der Waals surface area contributed by atoms with Gasteiger partial charge in [-0.3, -0.25) is 9.13 Å². The van der Waals surface area contributed by atoms with Crippen molar-refractivity contribution < 1.29 is 19.1 Å². The van der Waals surface area contributed by atoms with E-state index in [2.05, 4.69) is 226 Å². The Morgan fingerprint density at radius 1 is 0.519 bits per heavy atom. The molecule has 0 saturated heterocycles. The van der Waals surface area contributed by atoms with Crippen LogP contribution in [0.15, 0.2) is 158 Å². The fourth-order valence-electron chi connectivity index (χ4n) is 8.22. The number of hydrogen-bond donors (Lipinski definition) is 0. The number of rotatable bonds is 8. The average Bonchev–Trinajstić information content (AvgIpc) is 3.94. The summed E-state index contributed by atoms with van der Waals surface area (Å²) in [5.74, 6) is 0.153. The molecular formula is C50H50ClN2Ni. The molecule has 0 aliphatic heterocycles. The summed E-state index contributed by atoms with van der Waals surface area (Å²) in [5, 5.41) is 0. The molecule has 1 aromatic heterocycles. The molecule has 1 aliphatic carbocycles. The van der Waals surface area contributed by atoms with Crippen molar-refractivity contribution in [3.63, 3.8) is 0 Å². The molecule has 4 heteroatoms. The molecule has 6 aromatic carbocycles. The Kier molecular flexibility index (Phi) is 13.8. The Balaban J connectivity index is 0.000000648. The summed E-state index contributed by atoms with van der Waals surface area (Å²) in [6, 6.07) is 52.7. The second-order valence-electron chi connectivity index (χ2n) is 14.5. The van der Waals surface area contributed by atoms with E-state index in [0.29, 0.717) is 0 Å². The molecule has 1 heterocycles. The molecule has 0 radical (unpaired) electrons. The number of hydrogen-bond acceptors (Lipinski definition) is 0. The van der Waals surface area contributed by atoms with Gasteiger partial charge in [0.05, 0.1) is 11.4 Å². The maximum atomic E-state index is 4.26. The maximum absolute atomic E-state index is 4.26. The molecule has 0 bridgehead atoms. The van der Waals surface area contributed by atoms with Crippen molar-refractivity contribution in [2.75, 3.05) is 0 Å². The number of aryl methyl sites for hydroxylation is 4. The Morgan fingerprint density at radius 3 is 1.31 bits per heavy atom. The van der Waals surface area contributed by atoms with Crippen molar-refractivity contribution in [3.8, 4) is 11.4 Å². The zero-order valence-corrected chi connectivity index (χ0v) is 33.5. The topological polar surface area (TPSA) is 8.81 Å². The zero-order chi connectivity index (χ0) is 37.9. The van der Waals surface area contributed by atoms with E-state index in [9.17, 15) is 0 Å². The Morgan fingerprint density at radius 2 is 0.889 bits per heavy atom. The summed E-state index contributed by atoms with van der Waals surface area (Å²) in [5.41, 5.74) is 14.9. The van der Waals surface area contributed by atoms with Crippen LogP contribution in [0.3, 0.4) is 0 Å². The predicted molar refractivity (Wildman–Crippen MR) is 222 cm³/mol. The molecule has 2 nitrogen and oxygen atoms in total. The standard InChI is InChI=1S/C45H40N2.C5H10.ClH.Ni/c1-32-27-34(3)44(40(29-32)42(36-17-9-5-10-18-36)37-19-11-6-12-20-37)46-25-26-47(31-46)45-35(4)28-33(2)30-41(45)43(38-21-13-7-14-22-38)39-23-15-8-16-24-39;1-2-4-5-3-1;;/h5-30,42-43H,1-4H3;1-5H2;1H;/q;;;+1/p-1. The Hall–Kier alpha value is -4.69. The van der Waals surface area contributed by atoms with Crippen molar-refractivity contribution in [2.45, 2.75) is 71.6 Å². The van der Waals surface area contributed by atoms with Crippen LogP contribution in [0.2, 0.25) is 0 Å². The van der Waals surface area contributed by atoms with E-state index in [0.717, 1.165) is 0 Å². The molecule has 1 saturated carbocycles. The molecule has 0 spiro atoms. The van der Waals surface area contributed by atoms with Crippen molar-refractivity contribution in [1.29, 1.82) is 0 Å². The summed E-state index contributed by atoms with van der Waals surface area (Å²) in [6.07, 6.45) is 15.6. The van der Waals surface area contributed by atoms with E-state index in [1.54, 1.807) is 0 Å². The third-order valence-electron chi connectivity index (χ3n) is 10.4. The first-order chi connectivity index (χ1) is 26.5. The van der Waals surface area contributed by atoms with Crippen LogP contribution in [0.4, 0.5) is 0 Å². The van der Waals surface area contributed by atoms with Crippen LogP contribution in [0.25, 0.3) is 11.4 Å². The molecule has 0 atom stereocenters. The first kappa shape index (κ1) is 39.0. The molecule has 277 valence electrons. The van der Waals surface area contributed by atoms with Crippen molar-refractivity contribution >= 4 is 10.2 Å². The molecule has 1 fully saturated rings. The molecule has 54 heavy (non-hydrogen) atoms. The van der Waals surface area contributed by atoms with E-state index >= 15 is 0 Å². The van der Waals surface area contributed by atoms with Gasteiger partial charge in [-0.2, -0.15) is 0 Å². The van der Waals surface area contributed by atoms with Crippen LogP contribution in [-0.4, -0.2) is 4.57 Å². The summed E-state index contributed by atoms with van der Waals surface area (Å²) in [4.78, 5) is 0. The SMILES string of the molecule is C1CCCC1.Cc1cc(C)c(-n2[c-][n+](-c3c(C)cc(C)cc3C(c3ccccc3)c3ccccc3)cc2)c(C(c2ccccc2)c2ccccc2)c1.[Cl][Ni]. The molecule has 1 aliphatic rings. The number of halogens is 1. The predicted octanol–water partition coefficient (Wildman–Crippen LogP) is 12.8. The van der Waals surface area contributed by atoms with Crippen LogP contribution in [0, 0.1) is 34.0 Å². The van der Waals surface area contributed by atoms with Gasteiger partial charge in [0.15, 0.2) is 0 Å². The summed E-state index contributed by atoms with van der Waals surface area (Å²) < 4.78 is 4.40. The van der Waals surface area contributed by atoms with Gasteiger partial charge in [0.1, 0.15) is 0 Å². The number of aromatic nitrogens is 2. The fraction of sp³-hybridized carbons (Fsp3) is 0.220. The van der Waals surface area contributed by atoms with Gasteiger partial charge >= 0.3 is 24.8 Å². The van der Waals surface area contributed by atoms with Crippen molar-refractivity contribution in [1.82, 2.24) is 4.57 Å². The second kappa shape index (κ2) is 19.1. The van der Waals surface area contributed by atoms with Crippen LogP contribution >= 0.6 is 10.2 Å². The van der Waals surface area contributed by atoms with Gasteiger partial charge in [-0.25, -0.2) is 0 Å². The van der Waals surface area contributed by atoms with E-state index < -0.39 is 0 Å². The Labute approximate surface area is 335 Å². The molecule has 0 amide bonds. The van der Waals surface area contributed by atoms with Gasteiger partial charge in [-0.1, -0.05) is 189 Å². The molecule has 8 rings (SSSR count). The van der Waals surface area contributed by atoms with E-state index in [4.69, 9.17) is 0 Å². The molecular weight excluding hydrogens is 723 g/mol. The third kappa shape index (κ3) is 9.15. The number of nitrogens with zero attached hydrogens (tertiary/aromatic N) is 2. The van der Waals surface area contributed by atoms with Crippen LogP contribution in [-0.2, 0) is 14.6 Å². The number of imidazole rings is 1. The normalized spacial score (nSPS) is 12.2. The Bertz CT molecular complexity index is 1970. The average molecular weight is 773 g/mol. The van der Waals surface area contributed by atoms with Gasteiger partial charge < -0.3 is 0 Å². The van der Waals surface area contributed by atoms with Crippen LogP contribution in [0.1, 0.15) is 99.6 Å². The van der Waals surface area contributed by atoms with Gasteiger partial charge in [-0.15, -0.1) is 0 Å². The first-order valence-electron chi connectivity index (χ1n) is 19.0. The van der Waals surface area contributed by atoms with E-state index in [1.165, 1.54) is 99.1 Å². The summed E-state index contributed by atoms with van der Waals surface area (Å²) >= 11 is 3.35. The minimum atomic E-state index is 0.0764. The number of benzene rings is 6. The van der Waals surface area contributed by atoms with Gasteiger partial charge in [0.25, 0.3) is 6.33 Å². The molecule has 7 aromatic rings. The van der Waals surface area contributed by atoms with E-state index in [1.807, 2.05) is 0 Å². The molecule has 0 N–H and O–H groups in total. The zero-order valence-electron chi connectivity index (χ0n) is 31.8. The second-order valence-corrected chi connectivity index (χ2v) is 14.5. The fourth-order valence-corrected chi connectivity index (χ4v) is 8.22.